The van der Waals surface area contributed by atoms with Gasteiger partial charge in [0.25, 0.3) is 0 Å². The zero-order chi connectivity index (χ0) is 72.5. The number of nitriles is 2. The summed E-state index contributed by atoms with van der Waals surface area (Å²) in [6.07, 6.45) is 3.13. The van der Waals surface area contributed by atoms with E-state index in [2.05, 4.69) is 64.0 Å². The van der Waals surface area contributed by atoms with Gasteiger partial charge in [-0.05, 0) is 175 Å². The minimum Gasteiger partial charge on any atom is -0.508 e. The molecule has 0 aliphatic rings. The molecule has 0 radical (unpaired) electrons. The Bertz CT molecular complexity index is 3840. The number of hydrogen-bond donors (Lipinski definition) is 6. The second kappa shape index (κ2) is 48.6. The van der Waals surface area contributed by atoms with Crippen LogP contribution >= 0.6 is 27.8 Å². The van der Waals surface area contributed by atoms with E-state index in [4.69, 9.17) is 74.3 Å². The summed E-state index contributed by atoms with van der Waals surface area (Å²) in [5.74, 6) is -2.01. The van der Waals surface area contributed by atoms with Crippen molar-refractivity contribution in [1.82, 2.24) is 0 Å². The summed E-state index contributed by atoms with van der Waals surface area (Å²) in [6, 6.07) is 57.2. The van der Waals surface area contributed by atoms with Crippen molar-refractivity contribution in [3.63, 3.8) is 0 Å². The molecule has 0 bridgehead atoms. The zero-order valence-corrected chi connectivity index (χ0v) is 55.0. The number of phenols is 2. The van der Waals surface area contributed by atoms with Gasteiger partial charge >= 0.3 is 41.8 Å². The lowest BCUT2D eigenvalue weighted by Gasteiger charge is -2.08. The second-order valence-electron chi connectivity index (χ2n) is 18.3. The molecule has 98 heavy (non-hydrogen) atoms. The molecule has 0 saturated heterocycles. The van der Waals surface area contributed by atoms with Crippen LogP contribution in [0.2, 0.25) is 0 Å². The summed E-state index contributed by atoms with van der Waals surface area (Å²) in [4.78, 5) is 75.8. The minimum absolute atomic E-state index is 0.0549. The summed E-state index contributed by atoms with van der Waals surface area (Å²) in [6.45, 7) is 12.7. The molecule has 25 heteroatoms. The fraction of sp³-hybridized carbons (Fsp3) is 0.137. The van der Waals surface area contributed by atoms with E-state index in [1.54, 1.807) is 104 Å². The lowest BCUT2D eigenvalue weighted by atomic mass is 10.0. The third-order valence-corrected chi connectivity index (χ3v) is 12.0. The molecule has 8 rings (SSSR count). The number of aromatic hydroxyl groups is 2. The van der Waals surface area contributed by atoms with E-state index in [1.807, 2.05) is 48.5 Å². The molecule has 0 saturated carbocycles. The third kappa shape index (κ3) is 34.2. The lowest BCUT2D eigenvalue weighted by Crippen LogP contribution is -2.11. The third-order valence-electron chi connectivity index (χ3n) is 11.5. The number of nitrogens with zero attached hydrogens (tertiary/aromatic N) is 2. The first-order chi connectivity index (χ1) is 47.2. The highest BCUT2D eigenvalue weighted by atomic mass is 79.9. The van der Waals surface area contributed by atoms with Crippen LogP contribution in [0.25, 0.3) is 22.3 Å². The highest BCUT2D eigenvalue weighted by Crippen LogP contribution is 2.25. The van der Waals surface area contributed by atoms with Crippen LogP contribution in [0.4, 0.5) is 0 Å². The molecule has 0 fully saturated rings. The average Bonchev–Trinajstić information content (AvgIpc) is 0.889. The van der Waals surface area contributed by atoms with Gasteiger partial charge in [0.15, 0.2) is 0 Å². The Morgan fingerprint density at radius 2 is 0.735 bits per heavy atom. The predicted octanol–water partition coefficient (Wildman–Crippen LogP) is 12.5. The van der Waals surface area contributed by atoms with E-state index in [-0.39, 0.29) is 74.8 Å². The van der Waals surface area contributed by atoms with Crippen LogP contribution in [0.5, 0.6) is 34.5 Å². The number of aliphatic hydroxyl groups is 2. The number of aromatic carboxylic acids is 2. The van der Waals surface area contributed by atoms with Gasteiger partial charge in [0.05, 0.1) is 65.3 Å². The fourth-order valence-electron chi connectivity index (χ4n) is 6.81. The van der Waals surface area contributed by atoms with Crippen molar-refractivity contribution in [1.29, 1.82) is 10.5 Å². The Morgan fingerprint density at radius 1 is 0.429 bits per heavy atom. The van der Waals surface area contributed by atoms with Crippen LogP contribution in [0, 0.1) is 22.7 Å². The monoisotopic (exact) mass is 1420 g/mol. The summed E-state index contributed by atoms with van der Waals surface area (Å²) < 4.78 is 39.0. The summed E-state index contributed by atoms with van der Waals surface area (Å²) in [5, 5.41) is 69.8. The topological polar surface area (TPSA) is 362 Å². The Balaban J connectivity index is 0.000000420. The molecule has 8 aromatic rings. The number of rotatable bonds is 23. The van der Waals surface area contributed by atoms with Gasteiger partial charge in [-0.2, -0.15) is 10.5 Å². The second-order valence-corrected chi connectivity index (χ2v) is 19.3. The lowest BCUT2D eigenvalue weighted by molar-refractivity contribution is -0.139. The minimum atomic E-state index is -0.989. The standard InChI is InChI=1S/C25H19NO5.C13H9NO.C12H12O5.C9H10O4.C9H10O3.C3H3ClO2.C2H5BrO/c1-2-24(27)30-16-15-29-22-11-9-21(10-12-22)25(28)31-23-13-7-20(8-14-23)19-5-3-18(17-26)4-6-19;14-9-10-1-3-11(4-2-10)12-5-7-13(15)8-6-12;1-2-11(13)17-8-7-16-10-5-3-9(4-6-10)12(14)15;10-5-6-13-8-3-1-7(2-4-8)9(11)12;1-2-12-9(11)7-3-5-8(10)6-4-7;1-2-3(5)6-4;3-1-2-4/h2-14H,1,15-16H2;1-8,15H;2-6H,1,7-8H2,(H,14,15);1-4,10H,5-6H2,(H,11,12);3-6,10H,2H2,1H3;2H,1H2;4H,1-2H2. The van der Waals surface area contributed by atoms with Gasteiger partial charge in [-0.15, -0.1) is 0 Å². The van der Waals surface area contributed by atoms with Crippen molar-refractivity contribution in [2.24, 2.45) is 0 Å². The first-order valence-corrected chi connectivity index (χ1v) is 30.2. The molecule has 0 amide bonds. The van der Waals surface area contributed by atoms with E-state index in [0.717, 1.165) is 40.5 Å². The first kappa shape index (κ1) is 82.0. The van der Waals surface area contributed by atoms with Gasteiger partial charge in [0, 0.05) is 23.6 Å². The quantitative estimate of drug-likeness (QED) is 0.00865. The van der Waals surface area contributed by atoms with Crippen molar-refractivity contribution in [2.75, 3.05) is 58.2 Å². The number of carboxylic acids is 2. The van der Waals surface area contributed by atoms with Crippen LogP contribution in [0.1, 0.15) is 59.5 Å². The number of carbonyl (C=O) groups is 7. The predicted molar refractivity (Wildman–Crippen MR) is 366 cm³/mol. The summed E-state index contributed by atoms with van der Waals surface area (Å²) >= 11 is 7.53. The maximum Gasteiger partial charge on any atom is 0.348 e. The van der Waals surface area contributed by atoms with Crippen LogP contribution in [-0.4, -0.2) is 131 Å². The average molecular weight is 1420 g/mol. The Morgan fingerprint density at radius 3 is 1.04 bits per heavy atom. The van der Waals surface area contributed by atoms with Gasteiger partial charge in [-0.1, -0.05) is 84.2 Å². The van der Waals surface area contributed by atoms with Crippen LogP contribution in [0.3, 0.4) is 0 Å². The molecular formula is C73H68BrClN2O21. The molecule has 0 aliphatic carbocycles. The van der Waals surface area contributed by atoms with E-state index in [9.17, 15) is 33.6 Å². The van der Waals surface area contributed by atoms with Crippen molar-refractivity contribution < 1.29 is 102 Å². The number of esters is 4. The smallest absolute Gasteiger partial charge is 0.348 e. The van der Waals surface area contributed by atoms with Gasteiger partial charge in [-0.25, -0.2) is 33.6 Å². The van der Waals surface area contributed by atoms with Crippen LogP contribution in [-0.2, 0) is 32.9 Å². The highest BCUT2D eigenvalue weighted by molar-refractivity contribution is 9.09. The molecule has 0 unspecified atom stereocenters. The number of alkyl halides is 1. The molecule has 510 valence electrons. The van der Waals surface area contributed by atoms with E-state index >= 15 is 0 Å². The van der Waals surface area contributed by atoms with Crippen molar-refractivity contribution in [3.05, 3.63) is 265 Å². The molecule has 23 nitrogen and oxygen atoms in total. The number of aliphatic hydroxyl groups excluding tert-OH is 2. The number of hydrogen-bond acceptors (Lipinski definition) is 21. The highest BCUT2D eigenvalue weighted by Gasteiger charge is 2.11. The molecule has 0 aliphatic heterocycles. The van der Waals surface area contributed by atoms with Gasteiger partial charge in [0.1, 0.15) is 79.4 Å². The number of benzene rings is 8. The van der Waals surface area contributed by atoms with Gasteiger partial charge in [0.2, 0.25) is 0 Å². The number of carbonyl (C=O) groups excluding carboxylic acids is 5. The SMILES string of the molecule is C=CC(=O)OCCOc1ccc(C(=O)O)cc1.C=CC(=O)OCCOc1ccc(C(=O)Oc2ccc(-c3ccc(C#N)cc3)cc2)cc1.C=CC(=O)OCl.CCOC(=O)c1ccc(O)cc1.N#Cc1ccc(-c2ccc(O)cc2)cc1.O=C(O)c1ccc(OCCO)cc1.OCCBr. The van der Waals surface area contributed by atoms with E-state index in [0.29, 0.717) is 57.2 Å². The zero-order valence-electron chi connectivity index (χ0n) is 52.6. The molecule has 6 N–H and O–H groups in total. The first-order valence-electron chi connectivity index (χ1n) is 28.8. The Kier molecular flexibility index (Phi) is 40.7. The molecule has 0 aromatic heterocycles. The number of ether oxygens (including phenoxy) is 7. The van der Waals surface area contributed by atoms with Crippen molar-refractivity contribution in [2.45, 2.75) is 6.92 Å². The normalized spacial score (nSPS) is 9.38. The van der Waals surface area contributed by atoms with Crippen LogP contribution in [0.15, 0.2) is 232 Å². The maximum absolute atomic E-state index is 12.4. The number of halogens is 2. The van der Waals surface area contributed by atoms with Gasteiger partial charge < -0.3 is 68.1 Å². The van der Waals surface area contributed by atoms with Crippen molar-refractivity contribution in [3.8, 4) is 68.9 Å². The Labute approximate surface area is 578 Å². The number of phenolic OH excluding ortho intramolecular Hbond substituents is 2. The maximum atomic E-state index is 12.4. The molecular weight excluding hydrogens is 1360 g/mol. The summed E-state index contributed by atoms with van der Waals surface area (Å²) in [5.41, 5.74) is 6.46. The fourth-order valence-corrected chi connectivity index (χ4v) is 6.88. The Hall–Kier alpha value is -12.1. The molecule has 0 atom stereocenters. The summed E-state index contributed by atoms with van der Waals surface area (Å²) in [7, 11) is 0. The molecule has 8 aromatic carbocycles. The van der Waals surface area contributed by atoms with Gasteiger partial charge in [-0.3, -0.25) is 0 Å². The molecule has 0 heterocycles. The number of carboxylic acid groups (broad SMARTS) is 2. The molecule has 0 spiro atoms. The van der Waals surface area contributed by atoms with Crippen LogP contribution < -0.4 is 18.9 Å². The van der Waals surface area contributed by atoms with Crippen molar-refractivity contribution >= 4 is 69.6 Å². The van der Waals surface area contributed by atoms with E-state index in [1.165, 1.54) is 48.5 Å². The van der Waals surface area contributed by atoms with E-state index < -0.39 is 35.8 Å². The largest absolute Gasteiger partial charge is 0.508 e.